The van der Waals surface area contributed by atoms with E-state index < -0.39 is 11.4 Å². The molecule has 6 heteroatoms. The summed E-state index contributed by atoms with van der Waals surface area (Å²) in [5.74, 6) is -0.769. The van der Waals surface area contributed by atoms with Crippen molar-refractivity contribution in [3.05, 3.63) is 47.6 Å². The van der Waals surface area contributed by atoms with Crippen molar-refractivity contribution in [2.45, 2.75) is 12.5 Å². The fourth-order valence-electron chi connectivity index (χ4n) is 1.44. The maximum Gasteiger partial charge on any atom is 0.290 e. The average Bonchev–Trinajstić information content (AvgIpc) is 2.80. The van der Waals surface area contributed by atoms with Gasteiger partial charge in [-0.1, -0.05) is 35.5 Å². The van der Waals surface area contributed by atoms with Gasteiger partial charge in [0.25, 0.3) is 17.6 Å². The van der Waals surface area contributed by atoms with Crippen LogP contribution in [0.5, 0.6) is 0 Å². The first-order valence-electron chi connectivity index (χ1n) is 5.00. The lowest BCUT2D eigenvalue weighted by Crippen LogP contribution is -2.34. The fourth-order valence-corrected chi connectivity index (χ4v) is 1.44. The van der Waals surface area contributed by atoms with Gasteiger partial charge in [-0.25, -0.2) is 0 Å². The zero-order valence-electron chi connectivity index (χ0n) is 9.25. The summed E-state index contributed by atoms with van der Waals surface area (Å²) in [6, 6.07) is 9.27. The van der Waals surface area contributed by atoms with Crippen molar-refractivity contribution in [1.82, 2.24) is 10.1 Å². The van der Waals surface area contributed by atoms with Gasteiger partial charge in [-0.15, -0.1) is 0 Å². The Balaban J connectivity index is 2.41. The number of carbonyl (C=O) groups excluding carboxylic acids is 1. The zero-order valence-corrected chi connectivity index (χ0v) is 9.25. The molecule has 0 radical (unpaired) electrons. The highest BCUT2D eigenvalue weighted by Crippen LogP contribution is 2.24. The second kappa shape index (κ2) is 3.99. The van der Waals surface area contributed by atoms with E-state index in [4.69, 9.17) is 16.0 Å². The molecule has 2 rings (SSSR count). The number of rotatable bonds is 3. The van der Waals surface area contributed by atoms with E-state index in [2.05, 4.69) is 10.1 Å². The fraction of sp³-hybridized carbons (Fsp3) is 0.182. The van der Waals surface area contributed by atoms with E-state index in [-0.39, 0.29) is 11.7 Å². The van der Waals surface area contributed by atoms with E-state index >= 15 is 0 Å². The lowest BCUT2D eigenvalue weighted by Gasteiger charge is -2.19. The highest BCUT2D eigenvalue weighted by atomic mass is 16.5. The maximum atomic E-state index is 10.9. The third kappa shape index (κ3) is 2.02. The second-order valence-electron chi connectivity index (χ2n) is 3.86. The molecule has 0 bridgehead atoms. The van der Waals surface area contributed by atoms with E-state index in [1.807, 2.05) is 30.3 Å². The Morgan fingerprint density at radius 1 is 1.35 bits per heavy atom. The number of aromatic nitrogens is 2. The van der Waals surface area contributed by atoms with E-state index in [1.54, 1.807) is 6.92 Å². The van der Waals surface area contributed by atoms with Gasteiger partial charge in [0, 0.05) is 0 Å². The van der Waals surface area contributed by atoms with Crippen molar-refractivity contribution in [1.29, 1.82) is 0 Å². The normalized spacial score (nSPS) is 14.2. The van der Waals surface area contributed by atoms with Crippen LogP contribution in [0.15, 0.2) is 34.9 Å². The number of nitrogens with zero attached hydrogens (tertiary/aromatic N) is 2. The van der Waals surface area contributed by atoms with Crippen molar-refractivity contribution < 1.29 is 9.32 Å². The largest absolute Gasteiger partial charge is 0.363 e. The minimum Gasteiger partial charge on any atom is -0.363 e. The molecule has 0 spiro atoms. The highest BCUT2D eigenvalue weighted by molar-refractivity contribution is 5.88. The smallest absolute Gasteiger partial charge is 0.290 e. The first-order valence-corrected chi connectivity index (χ1v) is 5.00. The van der Waals surface area contributed by atoms with Crippen LogP contribution in [0.2, 0.25) is 0 Å². The molecule has 1 aromatic carbocycles. The zero-order chi connectivity index (χ0) is 12.5. The van der Waals surface area contributed by atoms with Gasteiger partial charge in [0.2, 0.25) is 0 Å². The Morgan fingerprint density at radius 2 is 2.00 bits per heavy atom. The summed E-state index contributed by atoms with van der Waals surface area (Å²) in [7, 11) is 0. The van der Waals surface area contributed by atoms with Crippen LogP contribution in [0.25, 0.3) is 0 Å². The van der Waals surface area contributed by atoms with E-state index in [1.165, 1.54) is 0 Å². The number of primary amides is 1. The van der Waals surface area contributed by atoms with Crippen LogP contribution in [0.4, 0.5) is 0 Å². The number of carbonyl (C=O) groups is 1. The predicted octanol–water partition coefficient (Wildman–Crippen LogP) is 0.391. The van der Waals surface area contributed by atoms with Gasteiger partial charge in [-0.2, -0.15) is 4.98 Å². The minimum absolute atomic E-state index is 0.150. The van der Waals surface area contributed by atoms with Crippen LogP contribution < -0.4 is 11.5 Å². The Morgan fingerprint density at radius 3 is 2.53 bits per heavy atom. The third-order valence-corrected chi connectivity index (χ3v) is 2.46. The summed E-state index contributed by atoms with van der Waals surface area (Å²) in [5.41, 5.74) is 11.0. The third-order valence-electron chi connectivity index (χ3n) is 2.46. The molecule has 17 heavy (non-hydrogen) atoms. The van der Waals surface area contributed by atoms with Crippen LogP contribution in [-0.4, -0.2) is 16.0 Å². The van der Waals surface area contributed by atoms with Crippen molar-refractivity contribution in [2.24, 2.45) is 11.5 Å². The second-order valence-corrected chi connectivity index (χ2v) is 3.86. The number of hydrogen-bond acceptors (Lipinski definition) is 5. The Labute approximate surface area is 97.6 Å². The van der Waals surface area contributed by atoms with Crippen LogP contribution in [-0.2, 0) is 5.54 Å². The molecule has 1 atom stereocenters. The molecule has 0 fully saturated rings. The van der Waals surface area contributed by atoms with Gasteiger partial charge in [0.15, 0.2) is 0 Å². The monoisotopic (exact) mass is 232 g/mol. The maximum absolute atomic E-state index is 10.9. The standard InChI is InChI=1S/C11H12N4O2/c1-11(13,7-5-3-2-4-6-7)10-14-9(8(12)16)15-17-10/h2-6H,13H2,1H3,(H2,12,16). The SMILES string of the molecule is CC(N)(c1ccccc1)c1nc(C(N)=O)no1. The van der Waals surface area contributed by atoms with Gasteiger partial charge in [-0.05, 0) is 12.5 Å². The summed E-state index contributed by atoms with van der Waals surface area (Å²) in [5, 5.41) is 3.47. The molecule has 0 saturated carbocycles. The van der Waals surface area contributed by atoms with Gasteiger partial charge in [-0.3, -0.25) is 4.79 Å². The molecular formula is C11H12N4O2. The molecular weight excluding hydrogens is 220 g/mol. The Bertz CT molecular complexity index is 533. The summed E-state index contributed by atoms with van der Waals surface area (Å²) < 4.78 is 4.96. The van der Waals surface area contributed by atoms with Crippen LogP contribution in [0.1, 0.15) is 29.0 Å². The molecule has 4 N–H and O–H groups in total. The van der Waals surface area contributed by atoms with Gasteiger partial charge >= 0.3 is 0 Å². The van der Waals surface area contributed by atoms with E-state index in [0.717, 1.165) is 5.56 Å². The lowest BCUT2D eigenvalue weighted by atomic mass is 9.93. The minimum atomic E-state index is -0.956. The molecule has 1 unspecified atom stereocenters. The molecule has 0 saturated heterocycles. The predicted molar refractivity (Wildman–Crippen MR) is 59.9 cm³/mol. The number of hydrogen-bond donors (Lipinski definition) is 2. The summed E-state index contributed by atoms with van der Waals surface area (Å²) in [4.78, 5) is 14.8. The van der Waals surface area contributed by atoms with E-state index in [0.29, 0.717) is 0 Å². The first kappa shape index (κ1) is 11.3. The van der Waals surface area contributed by atoms with E-state index in [9.17, 15) is 4.79 Å². The lowest BCUT2D eigenvalue weighted by molar-refractivity contribution is 0.0987. The van der Waals surface area contributed by atoms with Crippen molar-refractivity contribution >= 4 is 5.91 Å². The summed E-state index contributed by atoms with van der Waals surface area (Å²) in [6.07, 6.45) is 0. The molecule has 1 aromatic heterocycles. The van der Waals surface area contributed by atoms with Crippen LogP contribution >= 0.6 is 0 Å². The summed E-state index contributed by atoms with van der Waals surface area (Å²) in [6.45, 7) is 1.72. The van der Waals surface area contributed by atoms with Crippen LogP contribution in [0, 0.1) is 0 Å². The molecule has 88 valence electrons. The average molecular weight is 232 g/mol. The molecule has 6 nitrogen and oxygen atoms in total. The number of benzene rings is 1. The molecule has 0 aliphatic carbocycles. The molecule has 0 aliphatic rings. The molecule has 1 heterocycles. The van der Waals surface area contributed by atoms with Gasteiger partial charge < -0.3 is 16.0 Å². The number of nitrogens with two attached hydrogens (primary N) is 2. The molecule has 1 amide bonds. The van der Waals surface area contributed by atoms with Crippen molar-refractivity contribution in [2.75, 3.05) is 0 Å². The number of amides is 1. The quantitative estimate of drug-likeness (QED) is 0.795. The Kier molecular flexibility index (Phi) is 2.64. The van der Waals surface area contributed by atoms with Crippen molar-refractivity contribution in [3.63, 3.8) is 0 Å². The van der Waals surface area contributed by atoms with Gasteiger partial charge in [0.05, 0.1) is 0 Å². The molecule has 0 aliphatic heterocycles. The van der Waals surface area contributed by atoms with Crippen LogP contribution in [0.3, 0.4) is 0 Å². The summed E-state index contributed by atoms with van der Waals surface area (Å²) >= 11 is 0. The Hall–Kier alpha value is -2.21. The van der Waals surface area contributed by atoms with Crippen molar-refractivity contribution in [3.8, 4) is 0 Å². The van der Waals surface area contributed by atoms with Gasteiger partial charge in [0.1, 0.15) is 5.54 Å². The topological polar surface area (TPSA) is 108 Å². The molecule has 2 aromatic rings. The first-order chi connectivity index (χ1) is 8.01. The highest BCUT2D eigenvalue weighted by Gasteiger charge is 2.31.